The van der Waals surface area contributed by atoms with Gasteiger partial charge in [0.1, 0.15) is 0 Å². The molecular formula is C25H49N5O2. The highest BCUT2D eigenvalue weighted by atomic mass is 16.5. The molecule has 7 heteroatoms. The molecule has 1 unspecified atom stereocenters. The molecule has 3 aliphatic heterocycles. The van der Waals surface area contributed by atoms with Crippen molar-refractivity contribution in [2.24, 2.45) is 0 Å². The molecule has 0 radical (unpaired) electrons. The summed E-state index contributed by atoms with van der Waals surface area (Å²) >= 11 is 0. The average molecular weight is 452 g/mol. The zero-order valence-corrected chi connectivity index (χ0v) is 21.7. The Kier molecular flexibility index (Phi) is 8.64. The summed E-state index contributed by atoms with van der Waals surface area (Å²) in [7, 11) is 2.24. The second-order valence-corrected chi connectivity index (χ2v) is 11.8. The largest absolute Gasteiger partial charge is 0.379 e. The molecule has 3 heterocycles. The lowest BCUT2D eigenvalue weighted by Gasteiger charge is -2.50. The van der Waals surface area contributed by atoms with Gasteiger partial charge in [-0.05, 0) is 67.3 Å². The maximum absolute atomic E-state index is 12.0. The predicted octanol–water partition coefficient (Wildman–Crippen LogP) is 1.87. The smallest absolute Gasteiger partial charge is 0.234 e. The number of carbonyl (C=O) groups excluding carboxylic acids is 1. The lowest BCUT2D eigenvalue weighted by molar-refractivity contribution is -0.126. The maximum atomic E-state index is 12.0. The van der Waals surface area contributed by atoms with E-state index in [9.17, 15) is 4.79 Å². The Labute approximate surface area is 196 Å². The molecule has 1 N–H and O–H groups in total. The van der Waals surface area contributed by atoms with E-state index in [1.165, 1.54) is 19.3 Å². The van der Waals surface area contributed by atoms with E-state index in [2.05, 4.69) is 66.6 Å². The first kappa shape index (κ1) is 25.9. The van der Waals surface area contributed by atoms with Crippen LogP contribution in [0.15, 0.2) is 0 Å². The van der Waals surface area contributed by atoms with Crippen LogP contribution in [0, 0.1) is 0 Å². The van der Waals surface area contributed by atoms with Gasteiger partial charge < -0.3 is 15.0 Å². The van der Waals surface area contributed by atoms with Crippen LogP contribution in [0.4, 0.5) is 0 Å². The van der Waals surface area contributed by atoms with Crippen LogP contribution in [-0.4, -0.2) is 121 Å². The lowest BCUT2D eigenvalue weighted by Crippen LogP contribution is -2.59. The second kappa shape index (κ2) is 10.7. The van der Waals surface area contributed by atoms with Crippen LogP contribution in [0.1, 0.15) is 60.3 Å². The summed E-state index contributed by atoms with van der Waals surface area (Å²) in [5.74, 6) is 0.165. The predicted molar refractivity (Wildman–Crippen MR) is 131 cm³/mol. The van der Waals surface area contributed by atoms with Gasteiger partial charge in [-0.25, -0.2) is 0 Å². The van der Waals surface area contributed by atoms with E-state index in [1.807, 2.05) is 0 Å². The summed E-state index contributed by atoms with van der Waals surface area (Å²) in [5.41, 5.74) is 0.406. The first-order valence-corrected chi connectivity index (χ1v) is 12.8. The van der Waals surface area contributed by atoms with Crippen LogP contribution in [-0.2, 0) is 9.53 Å². The average Bonchev–Trinajstić information content (AvgIpc) is 2.78. The summed E-state index contributed by atoms with van der Waals surface area (Å²) in [4.78, 5) is 22.2. The quantitative estimate of drug-likeness (QED) is 0.578. The van der Waals surface area contributed by atoms with E-state index in [4.69, 9.17) is 4.74 Å². The first-order valence-electron chi connectivity index (χ1n) is 12.8. The Hall–Kier alpha value is -0.730. The van der Waals surface area contributed by atoms with Crippen LogP contribution < -0.4 is 5.32 Å². The molecule has 0 saturated carbocycles. The zero-order chi connectivity index (χ0) is 23.4. The third kappa shape index (κ3) is 6.66. The van der Waals surface area contributed by atoms with Gasteiger partial charge in [-0.15, -0.1) is 0 Å². The number of morpholine rings is 1. The van der Waals surface area contributed by atoms with Crippen molar-refractivity contribution >= 4 is 5.91 Å². The maximum Gasteiger partial charge on any atom is 0.234 e. The van der Waals surface area contributed by atoms with Crippen molar-refractivity contribution in [3.63, 3.8) is 0 Å². The Morgan fingerprint density at radius 3 is 1.88 bits per heavy atom. The van der Waals surface area contributed by atoms with Crippen molar-refractivity contribution in [3.05, 3.63) is 0 Å². The summed E-state index contributed by atoms with van der Waals surface area (Å²) < 4.78 is 5.60. The fourth-order valence-corrected chi connectivity index (χ4v) is 5.58. The van der Waals surface area contributed by atoms with E-state index in [-0.39, 0.29) is 22.5 Å². The van der Waals surface area contributed by atoms with Crippen molar-refractivity contribution in [2.75, 3.05) is 79.2 Å². The van der Waals surface area contributed by atoms with Crippen LogP contribution >= 0.6 is 0 Å². The fraction of sp³-hybridized carbons (Fsp3) is 0.960. The number of piperazine rings is 2. The molecule has 3 aliphatic rings. The molecule has 1 atom stereocenters. The number of rotatable bonds is 9. The molecular weight excluding hydrogens is 402 g/mol. The number of hydrogen-bond donors (Lipinski definition) is 1. The van der Waals surface area contributed by atoms with Crippen molar-refractivity contribution in [2.45, 2.75) is 76.9 Å². The molecule has 0 aliphatic carbocycles. The summed E-state index contributed by atoms with van der Waals surface area (Å²) in [6, 6.07) is 0. The van der Waals surface area contributed by atoms with Crippen LogP contribution in [0.25, 0.3) is 0 Å². The molecule has 3 fully saturated rings. The molecule has 186 valence electrons. The summed E-state index contributed by atoms with van der Waals surface area (Å²) in [5, 5.41) is 2.97. The number of amides is 1. The standard InChI is InChI=1S/C25H49N5O2/c1-23(2,28-17-19-32-20-18-28)7-9-25(5,29-15-13-27(6)14-16-29)10-8-24(3,4)30-12-11-26-22(31)21-30/h7-21H2,1-6H3,(H,26,31). The van der Waals surface area contributed by atoms with Gasteiger partial charge in [0.25, 0.3) is 0 Å². The summed E-state index contributed by atoms with van der Waals surface area (Å²) in [6.07, 6.45) is 4.68. The van der Waals surface area contributed by atoms with Crippen LogP contribution in [0.3, 0.4) is 0 Å². The highest BCUT2D eigenvalue weighted by molar-refractivity contribution is 5.78. The van der Waals surface area contributed by atoms with Gasteiger partial charge in [0.05, 0.1) is 19.8 Å². The molecule has 3 rings (SSSR count). The minimum absolute atomic E-state index is 0.0331. The highest BCUT2D eigenvalue weighted by Gasteiger charge is 2.39. The molecule has 0 aromatic heterocycles. The molecule has 3 saturated heterocycles. The Morgan fingerprint density at radius 1 is 0.750 bits per heavy atom. The second-order valence-electron chi connectivity index (χ2n) is 11.8. The van der Waals surface area contributed by atoms with E-state index in [0.29, 0.717) is 6.54 Å². The number of nitrogens with one attached hydrogen (secondary N) is 1. The van der Waals surface area contributed by atoms with E-state index < -0.39 is 0 Å². The van der Waals surface area contributed by atoms with E-state index >= 15 is 0 Å². The zero-order valence-electron chi connectivity index (χ0n) is 21.7. The third-order valence-corrected chi connectivity index (χ3v) is 8.58. The number of ether oxygens (including phenoxy) is 1. The summed E-state index contributed by atoms with van der Waals surface area (Å²) in [6.45, 7) is 22.7. The third-order valence-electron chi connectivity index (χ3n) is 8.58. The minimum atomic E-state index is 0.0331. The van der Waals surface area contributed by atoms with E-state index in [0.717, 1.165) is 72.0 Å². The monoisotopic (exact) mass is 451 g/mol. The van der Waals surface area contributed by atoms with Gasteiger partial charge in [0.2, 0.25) is 5.91 Å². The normalized spacial score (nSPS) is 25.5. The van der Waals surface area contributed by atoms with Crippen molar-refractivity contribution in [1.29, 1.82) is 0 Å². The van der Waals surface area contributed by atoms with Gasteiger partial charge in [0.15, 0.2) is 0 Å². The SMILES string of the molecule is CN1CCN(C(C)(CCC(C)(C)N2CCOCC2)CCC(C)(C)N2CCNC(=O)C2)CC1. The van der Waals surface area contributed by atoms with Crippen LogP contribution in [0.5, 0.6) is 0 Å². The highest BCUT2D eigenvalue weighted by Crippen LogP contribution is 2.35. The van der Waals surface area contributed by atoms with Crippen molar-refractivity contribution < 1.29 is 9.53 Å². The molecule has 7 nitrogen and oxygen atoms in total. The molecule has 0 aromatic carbocycles. The van der Waals surface area contributed by atoms with Gasteiger partial charge in [-0.1, -0.05) is 0 Å². The van der Waals surface area contributed by atoms with Crippen molar-refractivity contribution in [1.82, 2.24) is 24.9 Å². The Balaban J connectivity index is 1.67. The topological polar surface area (TPSA) is 51.3 Å². The van der Waals surface area contributed by atoms with Crippen LogP contribution in [0.2, 0.25) is 0 Å². The van der Waals surface area contributed by atoms with E-state index in [1.54, 1.807) is 0 Å². The number of likely N-dealkylation sites (N-methyl/N-ethyl adjacent to an activating group) is 1. The van der Waals surface area contributed by atoms with Gasteiger partial charge in [-0.2, -0.15) is 0 Å². The Bertz CT molecular complexity index is 611. The van der Waals surface area contributed by atoms with Gasteiger partial charge in [-0.3, -0.25) is 19.5 Å². The molecule has 0 spiro atoms. The minimum Gasteiger partial charge on any atom is -0.379 e. The lowest BCUT2D eigenvalue weighted by atomic mass is 9.79. The van der Waals surface area contributed by atoms with Gasteiger partial charge >= 0.3 is 0 Å². The molecule has 1 amide bonds. The molecule has 0 aromatic rings. The Morgan fingerprint density at radius 2 is 1.31 bits per heavy atom. The van der Waals surface area contributed by atoms with Gasteiger partial charge in [0, 0.05) is 69.0 Å². The number of hydrogen-bond acceptors (Lipinski definition) is 6. The number of nitrogens with zero attached hydrogens (tertiary/aromatic N) is 4. The molecule has 0 bridgehead atoms. The fourth-order valence-electron chi connectivity index (χ4n) is 5.58. The van der Waals surface area contributed by atoms with Crippen molar-refractivity contribution in [3.8, 4) is 0 Å². The molecule has 32 heavy (non-hydrogen) atoms. The first-order chi connectivity index (χ1) is 15.0. The number of carbonyl (C=O) groups is 1.